The Morgan fingerprint density at radius 2 is 1.76 bits per heavy atom. The summed E-state index contributed by atoms with van der Waals surface area (Å²) in [5.74, 6) is 1.54. The van der Waals surface area contributed by atoms with Crippen LogP contribution in [0.4, 0.5) is 17.5 Å². The minimum absolute atomic E-state index is 0.0478. The van der Waals surface area contributed by atoms with E-state index in [0.29, 0.717) is 60.3 Å². The molecule has 4 rings (SSSR count). The zero-order valence-electron chi connectivity index (χ0n) is 17.9. The Morgan fingerprint density at radius 1 is 1.09 bits per heavy atom. The first-order chi connectivity index (χ1) is 15.8. The summed E-state index contributed by atoms with van der Waals surface area (Å²) in [6.07, 6.45) is 0. The van der Waals surface area contributed by atoms with Crippen LogP contribution in [0.5, 0.6) is 11.5 Å². The molecule has 2 aromatic carbocycles. The second kappa shape index (κ2) is 8.94. The number of halogens is 1. The largest absolute Gasteiger partial charge is 0.493 e. The summed E-state index contributed by atoms with van der Waals surface area (Å²) < 4.78 is 10.7. The number of nitrogen functional groups attached to an aromatic ring is 1. The molecule has 0 aliphatic carbocycles. The lowest BCUT2D eigenvalue weighted by Crippen LogP contribution is -2.49. The molecule has 33 heavy (non-hydrogen) atoms. The van der Waals surface area contributed by atoms with Gasteiger partial charge in [0, 0.05) is 49.8 Å². The molecule has 172 valence electrons. The van der Waals surface area contributed by atoms with E-state index >= 15 is 0 Å². The normalized spacial score (nSPS) is 13.8. The van der Waals surface area contributed by atoms with E-state index in [0.717, 1.165) is 0 Å². The standard InChI is InChI=1S/C21H21ClN6O5/c1-32-17-10-14-16(11-18(17)33-2)24-21(25-19(14)23)27-7-5-26(6-8-27)20(29)13-4-3-12(28(30)31)9-15(13)22/h3-4,9-11H,5-8H2,1-2H3,(H2,23,24,25). The molecule has 12 heteroatoms. The number of anilines is 2. The second-order valence-electron chi connectivity index (χ2n) is 7.33. The van der Waals surface area contributed by atoms with Crippen LogP contribution in [0.2, 0.25) is 5.02 Å². The first-order valence-electron chi connectivity index (χ1n) is 9.99. The fourth-order valence-corrected chi connectivity index (χ4v) is 3.93. The Kier molecular flexibility index (Phi) is 6.05. The quantitative estimate of drug-likeness (QED) is 0.438. The number of carbonyl (C=O) groups is 1. The number of nitro groups is 1. The van der Waals surface area contributed by atoms with Crippen molar-refractivity contribution in [3.8, 4) is 11.5 Å². The molecule has 0 saturated carbocycles. The monoisotopic (exact) mass is 472 g/mol. The van der Waals surface area contributed by atoms with Gasteiger partial charge < -0.3 is 25.0 Å². The number of nitrogens with zero attached hydrogens (tertiary/aromatic N) is 5. The van der Waals surface area contributed by atoms with Crippen LogP contribution in [0, 0.1) is 10.1 Å². The molecule has 1 aliphatic rings. The van der Waals surface area contributed by atoms with Crippen LogP contribution < -0.4 is 20.1 Å². The van der Waals surface area contributed by atoms with Crippen LogP contribution in [0.1, 0.15) is 10.4 Å². The topological polar surface area (TPSA) is 137 Å². The molecule has 2 heterocycles. The molecule has 1 aliphatic heterocycles. The van der Waals surface area contributed by atoms with Gasteiger partial charge in [-0.05, 0) is 12.1 Å². The fourth-order valence-electron chi connectivity index (χ4n) is 3.68. The van der Waals surface area contributed by atoms with E-state index < -0.39 is 4.92 Å². The molecular formula is C21H21ClN6O5. The predicted octanol–water partition coefficient (Wildman–Crippen LogP) is 2.75. The van der Waals surface area contributed by atoms with Crippen molar-refractivity contribution in [2.75, 3.05) is 51.0 Å². The molecule has 0 unspecified atom stereocenters. The van der Waals surface area contributed by atoms with Gasteiger partial charge >= 0.3 is 0 Å². The van der Waals surface area contributed by atoms with E-state index in [1.54, 1.807) is 31.3 Å². The van der Waals surface area contributed by atoms with E-state index in [2.05, 4.69) is 9.97 Å². The van der Waals surface area contributed by atoms with Crippen LogP contribution in [0.3, 0.4) is 0 Å². The summed E-state index contributed by atoms with van der Waals surface area (Å²) >= 11 is 6.12. The van der Waals surface area contributed by atoms with Crippen molar-refractivity contribution in [3.63, 3.8) is 0 Å². The highest BCUT2D eigenvalue weighted by atomic mass is 35.5. The van der Waals surface area contributed by atoms with Crippen LogP contribution in [0.15, 0.2) is 30.3 Å². The smallest absolute Gasteiger partial charge is 0.270 e. The molecule has 11 nitrogen and oxygen atoms in total. The number of hydrogen-bond acceptors (Lipinski definition) is 9. The summed E-state index contributed by atoms with van der Waals surface area (Å²) in [7, 11) is 3.09. The molecule has 0 radical (unpaired) electrons. The molecule has 2 N–H and O–H groups in total. The minimum atomic E-state index is -0.556. The van der Waals surface area contributed by atoms with Gasteiger partial charge in [-0.3, -0.25) is 14.9 Å². The van der Waals surface area contributed by atoms with Gasteiger partial charge in [-0.15, -0.1) is 0 Å². The molecule has 1 aromatic heterocycles. The third-order valence-electron chi connectivity index (χ3n) is 5.46. The van der Waals surface area contributed by atoms with Crippen LogP contribution in [-0.4, -0.2) is 66.1 Å². The number of carbonyl (C=O) groups excluding carboxylic acids is 1. The Hall–Kier alpha value is -3.86. The number of nitro benzene ring substituents is 1. The van der Waals surface area contributed by atoms with E-state index in [1.807, 2.05) is 4.90 Å². The number of non-ortho nitro benzene ring substituents is 1. The number of rotatable bonds is 5. The Morgan fingerprint density at radius 3 is 2.36 bits per heavy atom. The first-order valence-corrected chi connectivity index (χ1v) is 10.4. The lowest BCUT2D eigenvalue weighted by molar-refractivity contribution is -0.384. The third kappa shape index (κ3) is 4.27. The van der Waals surface area contributed by atoms with Crippen LogP contribution >= 0.6 is 11.6 Å². The van der Waals surface area contributed by atoms with Gasteiger partial charge in [0.15, 0.2) is 11.5 Å². The molecule has 1 amide bonds. The minimum Gasteiger partial charge on any atom is -0.493 e. The Bertz CT molecular complexity index is 1250. The Labute approximate surface area is 193 Å². The summed E-state index contributed by atoms with van der Waals surface area (Å²) in [5, 5.41) is 11.6. The van der Waals surface area contributed by atoms with Crippen LogP contribution in [-0.2, 0) is 0 Å². The van der Waals surface area contributed by atoms with Crippen molar-refractivity contribution in [2.24, 2.45) is 0 Å². The number of methoxy groups -OCH3 is 2. The van der Waals surface area contributed by atoms with Crippen molar-refractivity contribution in [3.05, 3.63) is 51.0 Å². The average Bonchev–Trinajstić information content (AvgIpc) is 2.82. The van der Waals surface area contributed by atoms with E-state index in [1.165, 1.54) is 18.2 Å². The number of hydrogen-bond donors (Lipinski definition) is 1. The number of fused-ring (bicyclic) bond motifs is 1. The van der Waals surface area contributed by atoms with E-state index in [4.69, 9.17) is 26.8 Å². The van der Waals surface area contributed by atoms with Crippen molar-refractivity contribution in [1.29, 1.82) is 0 Å². The van der Waals surface area contributed by atoms with Gasteiger partial charge in [0.25, 0.3) is 11.6 Å². The zero-order chi connectivity index (χ0) is 23.7. The summed E-state index contributed by atoms with van der Waals surface area (Å²) in [6, 6.07) is 7.30. The molecule has 0 atom stereocenters. The molecule has 0 spiro atoms. The number of amides is 1. The lowest BCUT2D eigenvalue weighted by atomic mass is 10.1. The van der Waals surface area contributed by atoms with Gasteiger partial charge in [0.2, 0.25) is 5.95 Å². The fraction of sp³-hybridized carbons (Fsp3) is 0.286. The van der Waals surface area contributed by atoms with Gasteiger partial charge in [0.05, 0.1) is 35.2 Å². The molecular weight excluding hydrogens is 452 g/mol. The van der Waals surface area contributed by atoms with E-state index in [9.17, 15) is 14.9 Å². The molecule has 3 aromatic rings. The SMILES string of the molecule is COc1cc2nc(N3CCN(C(=O)c4ccc([N+](=O)[O-])cc4Cl)CC3)nc(N)c2cc1OC. The Balaban J connectivity index is 1.52. The lowest BCUT2D eigenvalue weighted by Gasteiger charge is -2.35. The highest BCUT2D eigenvalue weighted by molar-refractivity contribution is 6.34. The highest BCUT2D eigenvalue weighted by Crippen LogP contribution is 2.34. The molecule has 0 bridgehead atoms. The predicted molar refractivity (Wildman–Crippen MR) is 123 cm³/mol. The molecule has 1 fully saturated rings. The number of nitrogens with two attached hydrogens (primary N) is 1. The number of ether oxygens (including phenoxy) is 2. The molecule has 1 saturated heterocycles. The summed E-state index contributed by atoms with van der Waals surface area (Å²) in [4.78, 5) is 35.9. The first kappa shape index (κ1) is 22.3. The second-order valence-corrected chi connectivity index (χ2v) is 7.74. The summed E-state index contributed by atoms with van der Waals surface area (Å²) in [6.45, 7) is 1.77. The maximum Gasteiger partial charge on any atom is 0.270 e. The zero-order valence-corrected chi connectivity index (χ0v) is 18.7. The maximum atomic E-state index is 12.9. The van der Waals surface area contributed by atoms with Gasteiger partial charge in [-0.1, -0.05) is 11.6 Å². The highest BCUT2D eigenvalue weighted by Gasteiger charge is 2.26. The third-order valence-corrected chi connectivity index (χ3v) is 5.78. The van der Waals surface area contributed by atoms with Gasteiger partial charge in [-0.25, -0.2) is 4.98 Å². The average molecular weight is 473 g/mol. The van der Waals surface area contributed by atoms with Gasteiger partial charge in [-0.2, -0.15) is 4.98 Å². The van der Waals surface area contributed by atoms with Gasteiger partial charge in [0.1, 0.15) is 5.82 Å². The number of benzene rings is 2. The van der Waals surface area contributed by atoms with Crippen molar-refractivity contribution < 1.29 is 19.2 Å². The van der Waals surface area contributed by atoms with Crippen molar-refractivity contribution in [2.45, 2.75) is 0 Å². The van der Waals surface area contributed by atoms with Crippen molar-refractivity contribution in [1.82, 2.24) is 14.9 Å². The maximum absolute atomic E-state index is 12.9. The van der Waals surface area contributed by atoms with Crippen LogP contribution in [0.25, 0.3) is 10.9 Å². The number of piperazine rings is 1. The number of aromatic nitrogens is 2. The van der Waals surface area contributed by atoms with E-state index in [-0.39, 0.29) is 22.2 Å². The summed E-state index contributed by atoms with van der Waals surface area (Å²) in [5.41, 5.74) is 6.86. The van der Waals surface area contributed by atoms with Crippen molar-refractivity contribution >= 4 is 45.9 Å².